The lowest BCUT2D eigenvalue weighted by atomic mass is 9.95. The number of aromatic nitrogens is 4. The van der Waals surface area contributed by atoms with Gasteiger partial charge in [0.15, 0.2) is 17.3 Å². The summed E-state index contributed by atoms with van der Waals surface area (Å²) in [5, 5.41) is 13.0. The van der Waals surface area contributed by atoms with Crippen molar-refractivity contribution in [2.45, 2.75) is 51.7 Å². The zero-order chi connectivity index (χ0) is 22.0. The average molecular weight is 422 g/mol. The first-order chi connectivity index (χ1) is 15.0. The van der Waals surface area contributed by atoms with E-state index >= 15 is 0 Å². The van der Waals surface area contributed by atoms with E-state index < -0.39 is 0 Å². The van der Waals surface area contributed by atoms with E-state index in [-0.39, 0.29) is 11.6 Å². The molecule has 7 heteroatoms. The zero-order valence-corrected chi connectivity index (χ0v) is 19.0. The molecule has 0 unspecified atom stereocenters. The highest BCUT2D eigenvalue weighted by molar-refractivity contribution is 5.45. The Morgan fingerprint density at radius 3 is 2.48 bits per heavy atom. The van der Waals surface area contributed by atoms with Crippen LogP contribution in [0.1, 0.15) is 55.7 Å². The van der Waals surface area contributed by atoms with Crippen LogP contribution in [0.2, 0.25) is 0 Å². The van der Waals surface area contributed by atoms with Gasteiger partial charge in [0.2, 0.25) is 0 Å². The summed E-state index contributed by atoms with van der Waals surface area (Å²) < 4.78 is 13.1. The van der Waals surface area contributed by atoms with Gasteiger partial charge in [-0.15, -0.1) is 5.10 Å². The lowest BCUT2D eigenvalue weighted by Gasteiger charge is -2.36. The topological polar surface area (TPSA) is 65.3 Å². The molecule has 0 saturated heterocycles. The fraction of sp³-hybridized carbons (Fsp3) is 0.458. The minimum Gasteiger partial charge on any atom is -0.493 e. The molecule has 0 radical (unpaired) electrons. The van der Waals surface area contributed by atoms with Crippen LogP contribution in [0.4, 0.5) is 0 Å². The predicted molar refractivity (Wildman–Crippen MR) is 119 cm³/mol. The third-order valence-corrected chi connectivity index (χ3v) is 6.43. The Morgan fingerprint density at radius 2 is 1.77 bits per heavy atom. The van der Waals surface area contributed by atoms with Crippen LogP contribution in [0.5, 0.6) is 11.5 Å². The molecule has 2 heterocycles. The van der Waals surface area contributed by atoms with Gasteiger partial charge in [0.05, 0.1) is 25.8 Å². The van der Waals surface area contributed by atoms with Crippen LogP contribution < -0.4 is 9.47 Å². The Hall–Kier alpha value is -2.93. The van der Waals surface area contributed by atoms with E-state index in [4.69, 9.17) is 9.47 Å². The molecule has 2 aromatic carbocycles. The number of ether oxygens (including phenoxy) is 2. The lowest BCUT2D eigenvalue weighted by molar-refractivity contribution is 0.181. The second-order valence-corrected chi connectivity index (χ2v) is 8.62. The van der Waals surface area contributed by atoms with Gasteiger partial charge in [0.1, 0.15) is 0 Å². The number of tetrazole rings is 1. The molecular formula is C24H31N5O2. The van der Waals surface area contributed by atoms with Crippen molar-refractivity contribution in [2.24, 2.45) is 0 Å². The molecule has 164 valence electrons. The number of hydrogen-bond donors (Lipinski definition) is 0. The number of benzene rings is 2. The maximum absolute atomic E-state index is 5.60. The Morgan fingerprint density at radius 1 is 1.03 bits per heavy atom. The molecule has 4 rings (SSSR count). The second kappa shape index (κ2) is 8.67. The summed E-state index contributed by atoms with van der Waals surface area (Å²) in [5.41, 5.74) is 3.66. The molecule has 1 aromatic heterocycles. The van der Waals surface area contributed by atoms with Crippen LogP contribution in [0.3, 0.4) is 0 Å². The molecule has 0 bridgehead atoms. The Kier molecular flexibility index (Phi) is 5.96. The van der Waals surface area contributed by atoms with Crippen molar-refractivity contribution >= 4 is 0 Å². The van der Waals surface area contributed by atoms with E-state index in [1.807, 2.05) is 16.8 Å². The molecule has 1 aliphatic heterocycles. The molecule has 0 aliphatic carbocycles. The van der Waals surface area contributed by atoms with Crippen LogP contribution in [-0.2, 0) is 18.5 Å². The van der Waals surface area contributed by atoms with E-state index in [2.05, 4.69) is 71.5 Å². The minimum absolute atomic E-state index is 0.103. The quantitative estimate of drug-likeness (QED) is 0.575. The molecule has 31 heavy (non-hydrogen) atoms. The highest BCUT2D eigenvalue weighted by Gasteiger charge is 2.34. The molecule has 7 nitrogen and oxygen atoms in total. The van der Waals surface area contributed by atoms with Gasteiger partial charge in [-0.05, 0) is 65.9 Å². The molecule has 0 saturated carbocycles. The van der Waals surface area contributed by atoms with Gasteiger partial charge in [-0.1, -0.05) is 37.3 Å². The first kappa shape index (κ1) is 21.3. The smallest absolute Gasteiger partial charge is 0.173 e. The standard InChI is InChI=1S/C24H31N5O2/c1-6-24(2,3)29-23(25-26-27-29)22(18-11-12-20(30-4)21(15-18)31-5)28-14-13-17-9-7-8-10-19(17)16-28/h7-12,15,22H,6,13-14,16H2,1-5H3/t22-/m0/s1. The van der Waals surface area contributed by atoms with Gasteiger partial charge in [0.25, 0.3) is 0 Å². The van der Waals surface area contributed by atoms with Crippen molar-refractivity contribution in [1.29, 1.82) is 0 Å². The average Bonchev–Trinajstić information content (AvgIpc) is 3.29. The van der Waals surface area contributed by atoms with Gasteiger partial charge in [-0.25, -0.2) is 4.68 Å². The molecule has 1 atom stereocenters. The molecular weight excluding hydrogens is 390 g/mol. The number of hydrogen-bond acceptors (Lipinski definition) is 6. The fourth-order valence-electron chi connectivity index (χ4n) is 4.23. The highest BCUT2D eigenvalue weighted by atomic mass is 16.5. The molecule has 1 aliphatic rings. The number of fused-ring (bicyclic) bond motifs is 1. The first-order valence-electron chi connectivity index (χ1n) is 10.8. The van der Waals surface area contributed by atoms with Gasteiger partial charge in [-0.2, -0.15) is 0 Å². The number of rotatable bonds is 7. The fourth-order valence-corrected chi connectivity index (χ4v) is 4.23. The van der Waals surface area contributed by atoms with Crippen LogP contribution >= 0.6 is 0 Å². The molecule has 0 N–H and O–H groups in total. The van der Waals surface area contributed by atoms with Crippen LogP contribution in [0.15, 0.2) is 42.5 Å². The number of methoxy groups -OCH3 is 2. The monoisotopic (exact) mass is 421 g/mol. The van der Waals surface area contributed by atoms with Gasteiger partial charge in [-0.3, -0.25) is 4.90 Å². The summed E-state index contributed by atoms with van der Waals surface area (Å²) in [6, 6.07) is 14.6. The van der Waals surface area contributed by atoms with Gasteiger partial charge >= 0.3 is 0 Å². The summed E-state index contributed by atoms with van der Waals surface area (Å²) in [5.74, 6) is 2.26. The van der Waals surface area contributed by atoms with Crippen LogP contribution in [0, 0.1) is 0 Å². The Balaban J connectivity index is 1.82. The van der Waals surface area contributed by atoms with E-state index in [0.29, 0.717) is 11.5 Å². The van der Waals surface area contributed by atoms with E-state index in [1.54, 1.807) is 14.2 Å². The minimum atomic E-state index is -0.193. The molecule has 0 amide bonds. The second-order valence-electron chi connectivity index (χ2n) is 8.62. The highest BCUT2D eigenvalue weighted by Crippen LogP contribution is 2.37. The van der Waals surface area contributed by atoms with Crippen molar-refractivity contribution in [3.8, 4) is 11.5 Å². The normalized spacial score (nSPS) is 15.4. The zero-order valence-electron chi connectivity index (χ0n) is 19.0. The van der Waals surface area contributed by atoms with Crippen LogP contribution in [-0.4, -0.2) is 45.9 Å². The number of nitrogens with zero attached hydrogens (tertiary/aromatic N) is 5. The largest absolute Gasteiger partial charge is 0.493 e. The van der Waals surface area contributed by atoms with E-state index in [0.717, 1.165) is 37.3 Å². The maximum atomic E-state index is 5.60. The van der Waals surface area contributed by atoms with E-state index in [1.165, 1.54) is 11.1 Å². The van der Waals surface area contributed by atoms with Crippen molar-refractivity contribution in [3.63, 3.8) is 0 Å². The first-order valence-corrected chi connectivity index (χ1v) is 10.8. The van der Waals surface area contributed by atoms with Crippen LogP contribution in [0.25, 0.3) is 0 Å². The summed E-state index contributed by atoms with van der Waals surface area (Å²) in [4.78, 5) is 2.46. The van der Waals surface area contributed by atoms with Gasteiger partial charge < -0.3 is 9.47 Å². The van der Waals surface area contributed by atoms with Crippen molar-refractivity contribution in [1.82, 2.24) is 25.1 Å². The molecule has 0 fully saturated rings. The summed E-state index contributed by atoms with van der Waals surface area (Å²) in [6.07, 6.45) is 1.92. The Bertz CT molecular complexity index is 1050. The van der Waals surface area contributed by atoms with Crippen molar-refractivity contribution in [2.75, 3.05) is 20.8 Å². The third kappa shape index (κ3) is 4.02. The summed E-state index contributed by atoms with van der Waals surface area (Å²) in [6.45, 7) is 8.27. The predicted octanol–water partition coefficient (Wildman–Crippen LogP) is 3.98. The summed E-state index contributed by atoms with van der Waals surface area (Å²) >= 11 is 0. The summed E-state index contributed by atoms with van der Waals surface area (Å²) in [7, 11) is 3.32. The lowest BCUT2D eigenvalue weighted by Crippen LogP contribution is -2.38. The van der Waals surface area contributed by atoms with Crippen molar-refractivity contribution < 1.29 is 9.47 Å². The Labute approximate surface area is 184 Å². The molecule has 0 spiro atoms. The SMILES string of the molecule is CCC(C)(C)n1nnnc1[C@H](c1ccc(OC)c(OC)c1)N1CCc2ccccc2C1. The van der Waals surface area contributed by atoms with Crippen molar-refractivity contribution in [3.05, 3.63) is 65.0 Å². The maximum Gasteiger partial charge on any atom is 0.173 e. The van der Waals surface area contributed by atoms with Gasteiger partial charge in [0, 0.05) is 13.1 Å². The van der Waals surface area contributed by atoms with E-state index in [9.17, 15) is 0 Å². The third-order valence-electron chi connectivity index (χ3n) is 6.43. The molecule has 3 aromatic rings.